The molecule has 156 valence electrons. The van der Waals surface area contributed by atoms with Crippen molar-refractivity contribution in [1.82, 2.24) is 10.2 Å². The number of carbonyl (C=O) groups excluding carboxylic acids is 1. The van der Waals surface area contributed by atoms with Gasteiger partial charge in [0.2, 0.25) is 5.91 Å². The van der Waals surface area contributed by atoms with E-state index in [1.807, 2.05) is 61.2 Å². The Balaban J connectivity index is 1.50. The number of nitrogens with one attached hydrogen (secondary N) is 1. The molecule has 2 N–H and O–H groups in total. The van der Waals surface area contributed by atoms with Crippen LogP contribution in [0.2, 0.25) is 5.02 Å². The van der Waals surface area contributed by atoms with Crippen LogP contribution in [0.1, 0.15) is 29.5 Å². The number of hydrogen-bond donors (Lipinski definition) is 2. The zero-order valence-electron chi connectivity index (χ0n) is 17.1. The number of β-amino-alcohol motifs (C(OH)–C–C–N with tert-alkyl or cyclic N) is 1. The maximum atomic E-state index is 12.3. The van der Waals surface area contributed by atoms with Gasteiger partial charge in [0, 0.05) is 18.1 Å². The second kappa shape index (κ2) is 9.61. The van der Waals surface area contributed by atoms with Crippen LogP contribution in [0.4, 0.5) is 0 Å². The van der Waals surface area contributed by atoms with Crippen molar-refractivity contribution in [3.63, 3.8) is 0 Å². The number of likely N-dealkylation sites (tertiary alicyclic amines) is 1. The molecule has 0 saturated carbocycles. The fraction of sp³-hybridized carbons (Fsp3) is 0.435. The van der Waals surface area contributed by atoms with Gasteiger partial charge in [-0.1, -0.05) is 41.9 Å². The van der Waals surface area contributed by atoms with E-state index in [-0.39, 0.29) is 19.1 Å². The SMILES string of the molecule is Cc1cc(OC[C@@]2(O)CCCN(CC(=O)NCc3ccccc3)C2)cc(C)c1Cl. The van der Waals surface area contributed by atoms with Gasteiger partial charge in [0.15, 0.2) is 0 Å². The number of hydrogen-bond acceptors (Lipinski definition) is 4. The van der Waals surface area contributed by atoms with Gasteiger partial charge in [-0.05, 0) is 62.1 Å². The Morgan fingerprint density at radius 2 is 1.93 bits per heavy atom. The molecule has 1 heterocycles. The molecule has 2 aromatic rings. The third-order valence-corrected chi connectivity index (χ3v) is 5.85. The summed E-state index contributed by atoms with van der Waals surface area (Å²) in [6.45, 7) is 6.05. The average Bonchev–Trinajstić information content (AvgIpc) is 2.70. The lowest BCUT2D eigenvalue weighted by molar-refractivity contribution is -0.124. The molecule has 2 aromatic carbocycles. The van der Waals surface area contributed by atoms with Crippen molar-refractivity contribution in [2.75, 3.05) is 26.2 Å². The first-order chi connectivity index (χ1) is 13.8. The Labute approximate surface area is 177 Å². The number of amides is 1. The quantitative estimate of drug-likeness (QED) is 0.725. The molecular weight excluding hydrogens is 388 g/mol. The second-order valence-corrected chi connectivity index (χ2v) is 8.34. The Kier molecular flexibility index (Phi) is 7.17. The van der Waals surface area contributed by atoms with Gasteiger partial charge in [-0.15, -0.1) is 0 Å². The lowest BCUT2D eigenvalue weighted by atomic mass is 9.93. The molecule has 0 aromatic heterocycles. The monoisotopic (exact) mass is 416 g/mol. The Hall–Kier alpha value is -2.08. The molecule has 1 aliphatic rings. The van der Waals surface area contributed by atoms with E-state index in [0.717, 1.165) is 34.7 Å². The third kappa shape index (κ3) is 6.20. The fourth-order valence-corrected chi connectivity index (χ4v) is 3.83. The molecule has 6 heteroatoms. The highest BCUT2D eigenvalue weighted by molar-refractivity contribution is 6.32. The highest BCUT2D eigenvalue weighted by Gasteiger charge is 2.34. The van der Waals surface area contributed by atoms with Crippen molar-refractivity contribution >= 4 is 17.5 Å². The van der Waals surface area contributed by atoms with Crippen LogP contribution in [0.5, 0.6) is 5.75 Å². The van der Waals surface area contributed by atoms with E-state index in [2.05, 4.69) is 5.32 Å². The van der Waals surface area contributed by atoms with E-state index in [0.29, 0.717) is 25.3 Å². The summed E-state index contributed by atoms with van der Waals surface area (Å²) in [5.41, 5.74) is 2.00. The number of nitrogens with zero attached hydrogens (tertiary/aromatic N) is 1. The summed E-state index contributed by atoms with van der Waals surface area (Å²) < 4.78 is 5.89. The van der Waals surface area contributed by atoms with Crippen LogP contribution in [0, 0.1) is 13.8 Å². The van der Waals surface area contributed by atoms with Gasteiger partial charge >= 0.3 is 0 Å². The average molecular weight is 417 g/mol. The first-order valence-corrected chi connectivity index (χ1v) is 10.4. The van der Waals surface area contributed by atoms with Gasteiger partial charge in [0.1, 0.15) is 18.0 Å². The van der Waals surface area contributed by atoms with Gasteiger partial charge in [-0.3, -0.25) is 9.69 Å². The molecule has 5 nitrogen and oxygen atoms in total. The van der Waals surface area contributed by atoms with Crippen LogP contribution in [0.3, 0.4) is 0 Å². The van der Waals surface area contributed by atoms with Crippen LogP contribution in [-0.2, 0) is 11.3 Å². The van der Waals surface area contributed by atoms with E-state index in [4.69, 9.17) is 16.3 Å². The molecule has 0 bridgehead atoms. The van der Waals surface area contributed by atoms with Crippen molar-refractivity contribution in [3.05, 3.63) is 64.2 Å². The lowest BCUT2D eigenvalue weighted by Gasteiger charge is -2.38. The second-order valence-electron chi connectivity index (χ2n) is 7.96. The van der Waals surface area contributed by atoms with Crippen LogP contribution in [0.15, 0.2) is 42.5 Å². The molecular formula is C23H29ClN2O3. The van der Waals surface area contributed by atoms with Crippen LogP contribution in [-0.4, -0.2) is 47.8 Å². The predicted octanol–water partition coefficient (Wildman–Crippen LogP) is 3.48. The molecule has 1 saturated heterocycles. The molecule has 0 spiro atoms. The Bertz CT molecular complexity index is 820. The molecule has 1 amide bonds. The molecule has 1 atom stereocenters. The van der Waals surface area contributed by atoms with E-state index in [1.165, 1.54) is 0 Å². The number of benzene rings is 2. The zero-order valence-corrected chi connectivity index (χ0v) is 17.8. The van der Waals surface area contributed by atoms with E-state index < -0.39 is 5.60 Å². The number of halogens is 1. The summed E-state index contributed by atoms with van der Waals surface area (Å²) in [5.74, 6) is 0.665. The van der Waals surface area contributed by atoms with Gasteiger partial charge < -0.3 is 15.2 Å². The van der Waals surface area contributed by atoms with Crippen LogP contribution < -0.4 is 10.1 Å². The van der Waals surface area contributed by atoms with Crippen molar-refractivity contribution in [2.45, 2.75) is 38.8 Å². The first kappa shape index (κ1) is 21.6. The minimum Gasteiger partial charge on any atom is -0.491 e. The van der Waals surface area contributed by atoms with Gasteiger partial charge in [-0.25, -0.2) is 0 Å². The fourth-order valence-electron chi connectivity index (χ4n) is 3.72. The zero-order chi connectivity index (χ0) is 20.9. The van der Waals surface area contributed by atoms with Crippen molar-refractivity contribution in [2.24, 2.45) is 0 Å². The summed E-state index contributed by atoms with van der Waals surface area (Å²) in [6, 6.07) is 13.6. The number of carbonyl (C=O) groups is 1. The third-order valence-electron chi connectivity index (χ3n) is 5.25. The standard InChI is InChI=1S/C23H29ClN2O3/c1-17-11-20(12-18(2)22(17)24)29-16-23(28)9-6-10-26(15-23)14-21(27)25-13-19-7-4-3-5-8-19/h3-5,7-8,11-12,28H,6,9-10,13-16H2,1-2H3,(H,25,27)/t23-/m1/s1. The molecule has 1 fully saturated rings. The summed E-state index contributed by atoms with van der Waals surface area (Å²) in [4.78, 5) is 14.3. The normalized spacial score (nSPS) is 19.7. The largest absolute Gasteiger partial charge is 0.491 e. The smallest absolute Gasteiger partial charge is 0.234 e. The summed E-state index contributed by atoms with van der Waals surface area (Å²) in [6.07, 6.45) is 1.48. The van der Waals surface area contributed by atoms with Gasteiger partial charge in [0.25, 0.3) is 0 Å². The summed E-state index contributed by atoms with van der Waals surface area (Å²) in [5, 5.41) is 14.7. The number of rotatable bonds is 7. The number of aryl methyl sites for hydroxylation is 2. The molecule has 0 radical (unpaired) electrons. The Morgan fingerprint density at radius 3 is 2.62 bits per heavy atom. The van der Waals surface area contributed by atoms with Gasteiger partial charge in [0.05, 0.1) is 6.54 Å². The van der Waals surface area contributed by atoms with Crippen LogP contribution >= 0.6 is 11.6 Å². The van der Waals surface area contributed by atoms with E-state index in [9.17, 15) is 9.90 Å². The molecule has 3 rings (SSSR count). The molecule has 0 unspecified atom stereocenters. The number of aliphatic hydroxyl groups is 1. The molecule has 0 aliphatic carbocycles. The highest BCUT2D eigenvalue weighted by Crippen LogP contribution is 2.28. The number of piperidine rings is 1. The predicted molar refractivity (Wildman–Crippen MR) is 115 cm³/mol. The van der Waals surface area contributed by atoms with Crippen LogP contribution in [0.25, 0.3) is 0 Å². The molecule has 1 aliphatic heterocycles. The van der Waals surface area contributed by atoms with Crippen molar-refractivity contribution < 1.29 is 14.6 Å². The van der Waals surface area contributed by atoms with Gasteiger partial charge in [-0.2, -0.15) is 0 Å². The molecule has 29 heavy (non-hydrogen) atoms. The minimum atomic E-state index is -0.973. The topological polar surface area (TPSA) is 61.8 Å². The van der Waals surface area contributed by atoms with Crippen molar-refractivity contribution in [1.29, 1.82) is 0 Å². The first-order valence-electron chi connectivity index (χ1n) is 9.99. The maximum Gasteiger partial charge on any atom is 0.234 e. The highest BCUT2D eigenvalue weighted by atomic mass is 35.5. The summed E-state index contributed by atoms with van der Waals surface area (Å²) >= 11 is 6.21. The Morgan fingerprint density at radius 1 is 1.24 bits per heavy atom. The minimum absolute atomic E-state index is 0.0389. The lowest BCUT2D eigenvalue weighted by Crippen LogP contribution is -2.53. The van der Waals surface area contributed by atoms with Crippen molar-refractivity contribution in [3.8, 4) is 5.75 Å². The maximum absolute atomic E-state index is 12.3. The van der Waals surface area contributed by atoms with E-state index in [1.54, 1.807) is 0 Å². The summed E-state index contributed by atoms with van der Waals surface area (Å²) in [7, 11) is 0. The number of ether oxygens (including phenoxy) is 1. The van der Waals surface area contributed by atoms with E-state index >= 15 is 0 Å².